The van der Waals surface area contributed by atoms with Gasteiger partial charge in [0.15, 0.2) is 0 Å². The average Bonchev–Trinajstić information content (AvgIpc) is 3.04. The second kappa shape index (κ2) is 4.87. The molecule has 0 saturated carbocycles. The lowest BCUT2D eigenvalue weighted by Gasteiger charge is -2.00. The number of rotatable bonds is 2. The third-order valence-electron chi connectivity index (χ3n) is 1.88. The van der Waals surface area contributed by atoms with Gasteiger partial charge in [0.2, 0.25) is 0 Å². The third kappa shape index (κ3) is 2.74. The van der Waals surface area contributed by atoms with Crippen molar-refractivity contribution in [2.75, 3.05) is 19.0 Å². The van der Waals surface area contributed by atoms with Gasteiger partial charge in [-0.15, -0.1) is 0 Å². The predicted molar refractivity (Wildman–Crippen MR) is 56.0 cm³/mol. The van der Waals surface area contributed by atoms with Crippen LogP contribution in [0.25, 0.3) is 0 Å². The molecular weight excluding hydrogens is 162 g/mol. The number of epoxide rings is 1. The summed E-state index contributed by atoms with van der Waals surface area (Å²) < 4.78 is 5.17. The molecule has 0 aliphatic carbocycles. The lowest BCUT2D eigenvalue weighted by Crippen LogP contribution is -1.88. The van der Waals surface area contributed by atoms with Gasteiger partial charge in [0.05, 0.1) is 6.61 Å². The summed E-state index contributed by atoms with van der Waals surface area (Å²) in [6.45, 7) is 4.88. The highest BCUT2D eigenvalue weighted by atomic mass is 16.6. The number of anilines is 1. The topological polar surface area (TPSA) is 24.6 Å². The first-order chi connectivity index (χ1) is 6.40. The van der Waals surface area contributed by atoms with E-state index in [2.05, 4.69) is 17.4 Å². The number of benzene rings is 1. The van der Waals surface area contributed by atoms with Gasteiger partial charge in [-0.2, -0.15) is 0 Å². The molecule has 1 atom stereocenters. The normalized spacial score (nSPS) is 18.5. The summed E-state index contributed by atoms with van der Waals surface area (Å²) in [6, 6.07) is 8.31. The van der Waals surface area contributed by atoms with E-state index in [1.54, 1.807) is 0 Å². The molecular formula is C11H17NO. The zero-order valence-corrected chi connectivity index (χ0v) is 8.50. The average molecular weight is 179 g/mol. The number of nitrogens with one attached hydrogen (secondary N) is 1. The molecule has 0 aromatic heterocycles. The quantitative estimate of drug-likeness (QED) is 0.706. The summed E-state index contributed by atoms with van der Waals surface area (Å²) in [5.41, 5.74) is 2.43. The Morgan fingerprint density at radius 3 is 2.62 bits per heavy atom. The van der Waals surface area contributed by atoms with E-state index in [-0.39, 0.29) is 0 Å². The number of hydrogen-bond donors (Lipinski definition) is 1. The van der Waals surface area contributed by atoms with E-state index >= 15 is 0 Å². The molecule has 1 heterocycles. The Kier molecular flexibility index (Phi) is 3.77. The Morgan fingerprint density at radius 2 is 2.08 bits per heavy atom. The summed E-state index contributed by atoms with van der Waals surface area (Å²) >= 11 is 0. The van der Waals surface area contributed by atoms with Crippen LogP contribution in [0.15, 0.2) is 24.3 Å². The molecule has 2 nitrogen and oxygen atoms in total. The minimum atomic E-state index is 0.364. The molecule has 1 unspecified atom stereocenters. The third-order valence-corrected chi connectivity index (χ3v) is 1.88. The molecule has 1 aromatic carbocycles. The van der Waals surface area contributed by atoms with Crippen LogP contribution < -0.4 is 5.32 Å². The molecule has 1 fully saturated rings. The van der Waals surface area contributed by atoms with Crippen molar-refractivity contribution in [3.63, 3.8) is 0 Å². The first kappa shape index (κ1) is 10.1. The Hall–Kier alpha value is -1.02. The zero-order chi connectivity index (χ0) is 9.68. The van der Waals surface area contributed by atoms with Crippen LogP contribution >= 0.6 is 0 Å². The Balaban J connectivity index is 0.000000396. The fourth-order valence-corrected chi connectivity index (χ4v) is 1.14. The standard InChI is InChI=1S/C9H11NO.C2H6/c1-10-8-4-2-3-7(5-8)9-6-11-9;1-2/h2-5,9-10H,6H2,1H3;1-2H3. The second-order valence-electron chi connectivity index (χ2n) is 2.70. The van der Waals surface area contributed by atoms with Gasteiger partial charge in [-0.1, -0.05) is 26.0 Å². The Labute approximate surface area is 79.9 Å². The fourth-order valence-electron chi connectivity index (χ4n) is 1.14. The SMILES string of the molecule is CC.CNc1cccc(C2CO2)c1. The Morgan fingerprint density at radius 1 is 1.38 bits per heavy atom. The lowest BCUT2D eigenvalue weighted by atomic mass is 10.1. The maximum absolute atomic E-state index is 5.17. The van der Waals surface area contributed by atoms with E-state index in [9.17, 15) is 0 Å². The minimum Gasteiger partial charge on any atom is -0.388 e. The van der Waals surface area contributed by atoms with E-state index in [1.807, 2.05) is 33.0 Å². The van der Waals surface area contributed by atoms with Crippen molar-refractivity contribution in [2.24, 2.45) is 0 Å². The maximum atomic E-state index is 5.17. The van der Waals surface area contributed by atoms with Gasteiger partial charge in [-0.05, 0) is 17.7 Å². The van der Waals surface area contributed by atoms with Crippen molar-refractivity contribution in [1.82, 2.24) is 0 Å². The monoisotopic (exact) mass is 179 g/mol. The predicted octanol–water partition coefficient (Wildman–Crippen LogP) is 2.83. The molecule has 1 aliphatic rings. The van der Waals surface area contributed by atoms with Crippen LogP contribution in [0, 0.1) is 0 Å². The van der Waals surface area contributed by atoms with Gasteiger partial charge in [0, 0.05) is 12.7 Å². The van der Waals surface area contributed by atoms with Gasteiger partial charge in [0.25, 0.3) is 0 Å². The molecule has 0 spiro atoms. The molecule has 1 aliphatic heterocycles. The van der Waals surface area contributed by atoms with Gasteiger partial charge >= 0.3 is 0 Å². The molecule has 1 saturated heterocycles. The van der Waals surface area contributed by atoms with Crippen LogP contribution in [0.3, 0.4) is 0 Å². The summed E-state index contributed by atoms with van der Waals surface area (Å²) in [5.74, 6) is 0. The second-order valence-corrected chi connectivity index (χ2v) is 2.70. The summed E-state index contributed by atoms with van der Waals surface area (Å²) in [5, 5.41) is 3.09. The first-order valence-corrected chi connectivity index (χ1v) is 4.79. The van der Waals surface area contributed by atoms with Crippen LogP contribution in [-0.2, 0) is 4.74 Å². The first-order valence-electron chi connectivity index (χ1n) is 4.79. The smallest absolute Gasteiger partial charge is 0.106 e. The molecule has 72 valence electrons. The van der Waals surface area contributed by atoms with Crippen LogP contribution in [0.1, 0.15) is 25.5 Å². The largest absolute Gasteiger partial charge is 0.388 e. The number of ether oxygens (including phenoxy) is 1. The molecule has 1 N–H and O–H groups in total. The summed E-state index contributed by atoms with van der Waals surface area (Å²) in [6.07, 6.45) is 0.364. The van der Waals surface area contributed by atoms with Crippen LogP contribution in [-0.4, -0.2) is 13.7 Å². The zero-order valence-electron chi connectivity index (χ0n) is 8.50. The maximum Gasteiger partial charge on any atom is 0.106 e. The van der Waals surface area contributed by atoms with Crippen LogP contribution in [0.2, 0.25) is 0 Å². The molecule has 0 bridgehead atoms. The highest BCUT2D eigenvalue weighted by Gasteiger charge is 2.24. The van der Waals surface area contributed by atoms with E-state index in [4.69, 9.17) is 4.74 Å². The molecule has 0 amide bonds. The highest BCUT2D eigenvalue weighted by Crippen LogP contribution is 2.30. The highest BCUT2D eigenvalue weighted by molar-refractivity contribution is 5.46. The van der Waals surface area contributed by atoms with Gasteiger partial charge in [-0.25, -0.2) is 0 Å². The molecule has 1 aromatic rings. The van der Waals surface area contributed by atoms with Crippen molar-refractivity contribution in [3.05, 3.63) is 29.8 Å². The van der Waals surface area contributed by atoms with Gasteiger partial charge in [-0.3, -0.25) is 0 Å². The van der Waals surface area contributed by atoms with Gasteiger partial charge < -0.3 is 10.1 Å². The molecule has 0 radical (unpaired) electrons. The lowest BCUT2D eigenvalue weighted by molar-refractivity contribution is 0.415. The van der Waals surface area contributed by atoms with Crippen LogP contribution in [0.4, 0.5) is 5.69 Å². The number of hydrogen-bond acceptors (Lipinski definition) is 2. The molecule has 13 heavy (non-hydrogen) atoms. The summed E-state index contributed by atoms with van der Waals surface area (Å²) in [4.78, 5) is 0. The van der Waals surface area contributed by atoms with E-state index in [0.717, 1.165) is 12.3 Å². The van der Waals surface area contributed by atoms with Crippen LogP contribution in [0.5, 0.6) is 0 Å². The van der Waals surface area contributed by atoms with Gasteiger partial charge in [0.1, 0.15) is 6.10 Å². The minimum absolute atomic E-state index is 0.364. The Bertz CT molecular complexity index is 256. The van der Waals surface area contributed by atoms with E-state index in [1.165, 1.54) is 5.56 Å². The summed E-state index contributed by atoms with van der Waals surface area (Å²) in [7, 11) is 1.92. The van der Waals surface area contributed by atoms with Crippen molar-refractivity contribution in [3.8, 4) is 0 Å². The van der Waals surface area contributed by atoms with Crippen molar-refractivity contribution >= 4 is 5.69 Å². The molecule has 2 heteroatoms. The van der Waals surface area contributed by atoms with Crippen molar-refractivity contribution < 1.29 is 4.74 Å². The molecule has 2 rings (SSSR count). The van der Waals surface area contributed by atoms with E-state index in [0.29, 0.717) is 6.10 Å². The van der Waals surface area contributed by atoms with Crippen molar-refractivity contribution in [2.45, 2.75) is 20.0 Å². The fraction of sp³-hybridized carbons (Fsp3) is 0.455. The van der Waals surface area contributed by atoms with Crippen molar-refractivity contribution in [1.29, 1.82) is 0 Å². The van der Waals surface area contributed by atoms with E-state index < -0.39 is 0 Å².